The Bertz CT molecular complexity index is 846. The van der Waals surface area contributed by atoms with Crippen LogP contribution in [-0.4, -0.2) is 11.1 Å². The van der Waals surface area contributed by atoms with E-state index >= 15 is 0 Å². The number of benzene rings is 2. The van der Waals surface area contributed by atoms with Crippen molar-refractivity contribution < 1.29 is 9.32 Å². The number of aromatic nitrogens is 1. The van der Waals surface area contributed by atoms with Crippen LogP contribution in [0.3, 0.4) is 0 Å². The molecule has 0 fully saturated rings. The molecule has 0 unspecified atom stereocenters. The van der Waals surface area contributed by atoms with Gasteiger partial charge in [-0.1, -0.05) is 35.5 Å². The number of nitriles is 1. The number of carbonyl (C=O) groups excluding carboxylic acids is 1. The molecule has 0 atom stereocenters. The highest BCUT2D eigenvalue weighted by Gasteiger charge is 2.09. The number of nitrogens with zero attached hydrogens (tertiary/aromatic N) is 2. The van der Waals surface area contributed by atoms with Gasteiger partial charge in [0.2, 0.25) is 0 Å². The Kier molecular flexibility index (Phi) is 4.16. The van der Waals surface area contributed by atoms with Gasteiger partial charge < -0.3 is 9.84 Å². The van der Waals surface area contributed by atoms with Crippen LogP contribution in [0.1, 0.15) is 21.7 Å². The van der Waals surface area contributed by atoms with Crippen LogP contribution in [0.2, 0.25) is 0 Å². The molecule has 0 radical (unpaired) electrons. The molecule has 0 saturated heterocycles. The van der Waals surface area contributed by atoms with Gasteiger partial charge in [0.05, 0.1) is 18.2 Å². The zero-order valence-corrected chi connectivity index (χ0v) is 12.2. The zero-order chi connectivity index (χ0) is 16.1. The molecule has 1 amide bonds. The Balaban J connectivity index is 1.63. The highest BCUT2D eigenvalue weighted by atomic mass is 16.5. The molecule has 0 aliphatic heterocycles. The normalized spacial score (nSPS) is 10.0. The van der Waals surface area contributed by atoms with Crippen molar-refractivity contribution in [3.63, 3.8) is 0 Å². The lowest BCUT2D eigenvalue weighted by Gasteiger charge is -2.02. The first kappa shape index (κ1) is 14.5. The fourth-order valence-electron chi connectivity index (χ4n) is 2.11. The smallest absolute Gasteiger partial charge is 0.251 e. The van der Waals surface area contributed by atoms with Crippen molar-refractivity contribution in [2.45, 2.75) is 6.54 Å². The molecule has 1 N–H and O–H groups in total. The lowest BCUT2D eigenvalue weighted by atomic mass is 10.1. The van der Waals surface area contributed by atoms with E-state index < -0.39 is 0 Å². The van der Waals surface area contributed by atoms with Crippen molar-refractivity contribution in [1.82, 2.24) is 10.5 Å². The molecular formula is C18H13N3O2. The molecule has 0 spiro atoms. The SMILES string of the molecule is N#Cc1ccc(C(=O)NCc2cc(-c3ccccc3)no2)cc1. The van der Waals surface area contributed by atoms with Crippen LogP contribution in [0.15, 0.2) is 65.2 Å². The fourth-order valence-corrected chi connectivity index (χ4v) is 2.11. The van der Waals surface area contributed by atoms with Crippen LogP contribution in [-0.2, 0) is 6.54 Å². The maximum absolute atomic E-state index is 12.0. The van der Waals surface area contributed by atoms with E-state index in [1.165, 1.54) is 0 Å². The summed E-state index contributed by atoms with van der Waals surface area (Å²) < 4.78 is 5.23. The first-order chi connectivity index (χ1) is 11.3. The molecule has 0 aliphatic rings. The Labute approximate surface area is 133 Å². The van der Waals surface area contributed by atoms with Gasteiger partial charge in [-0.3, -0.25) is 4.79 Å². The van der Waals surface area contributed by atoms with E-state index in [-0.39, 0.29) is 12.5 Å². The third-order valence-electron chi connectivity index (χ3n) is 3.33. The summed E-state index contributed by atoms with van der Waals surface area (Å²) in [6.45, 7) is 0.249. The first-order valence-corrected chi connectivity index (χ1v) is 7.05. The van der Waals surface area contributed by atoms with Crippen LogP contribution < -0.4 is 5.32 Å². The molecule has 5 heteroatoms. The number of amides is 1. The summed E-state index contributed by atoms with van der Waals surface area (Å²) in [6, 6.07) is 19.9. The molecule has 1 heterocycles. The summed E-state index contributed by atoms with van der Waals surface area (Å²) in [5, 5.41) is 15.5. The summed E-state index contributed by atoms with van der Waals surface area (Å²) >= 11 is 0. The molecule has 5 nitrogen and oxygen atoms in total. The third-order valence-corrected chi connectivity index (χ3v) is 3.33. The summed E-state index contributed by atoms with van der Waals surface area (Å²) in [4.78, 5) is 12.0. The van der Waals surface area contributed by atoms with Gasteiger partial charge in [-0.05, 0) is 24.3 Å². The largest absolute Gasteiger partial charge is 0.359 e. The molecular weight excluding hydrogens is 290 g/mol. The number of nitrogens with one attached hydrogen (secondary N) is 1. The van der Waals surface area contributed by atoms with Gasteiger partial charge in [0.15, 0.2) is 5.76 Å². The van der Waals surface area contributed by atoms with Gasteiger partial charge in [-0.25, -0.2) is 0 Å². The lowest BCUT2D eigenvalue weighted by molar-refractivity contribution is 0.0947. The molecule has 23 heavy (non-hydrogen) atoms. The van der Waals surface area contributed by atoms with E-state index in [0.29, 0.717) is 16.9 Å². The van der Waals surface area contributed by atoms with Crippen molar-refractivity contribution >= 4 is 5.91 Å². The van der Waals surface area contributed by atoms with Crippen molar-refractivity contribution in [2.24, 2.45) is 0 Å². The van der Waals surface area contributed by atoms with Gasteiger partial charge in [0.1, 0.15) is 5.69 Å². The van der Waals surface area contributed by atoms with E-state index in [2.05, 4.69) is 10.5 Å². The predicted octanol–water partition coefficient (Wildman–Crippen LogP) is 3.14. The molecule has 3 aromatic rings. The zero-order valence-electron chi connectivity index (χ0n) is 12.2. The molecule has 0 aliphatic carbocycles. The molecule has 0 saturated carbocycles. The number of rotatable bonds is 4. The Morgan fingerprint density at radius 2 is 1.87 bits per heavy atom. The third kappa shape index (κ3) is 3.44. The second-order valence-electron chi connectivity index (χ2n) is 4.92. The number of hydrogen-bond acceptors (Lipinski definition) is 4. The van der Waals surface area contributed by atoms with E-state index in [4.69, 9.17) is 9.78 Å². The summed E-state index contributed by atoms with van der Waals surface area (Å²) in [7, 11) is 0. The standard InChI is InChI=1S/C18H13N3O2/c19-11-13-6-8-15(9-7-13)18(22)20-12-16-10-17(21-23-16)14-4-2-1-3-5-14/h1-10H,12H2,(H,20,22). The number of hydrogen-bond donors (Lipinski definition) is 1. The van der Waals surface area contributed by atoms with Crippen molar-refractivity contribution in [1.29, 1.82) is 5.26 Å². The molecule has 112 valence electrons. The van der Waals surface area contributed by atoms with Gasteiger partial charge >= 0.3 is 0 Å². The summed E-state index contributed by atoms with van der Waals surface area (Å²) in [6.07, 6.45) is 0. The first-order valence-electron chi connectivity index (χ1n) is 7.05. The van der Waals surface area contributed by atoms with Crippen LogP contribution in [0.5, 0.6) is 0 Å². The predicted molar refractivity (Wildman–Crippen MR) is 84.3 cm³/mol. The van der Waals surface area contributed by atoms with Crippen LogP contribution in [0.4, 0.5) is 0 Å². The van der Waals surface area contributed by atoms with E-state index in [9.17, 15) is 4.79 Å². The van der Waals surface area contributed by atoms with Crippen molar-refractivity contribution in [3.05, 3.63) is 77.6 Å². The molecule has 2 aromatic carbocycles. The highest BCUT2D eigenvalue weighted by molar-refractivity contribution is 5.94. The van der Waals surface area contributed by atoms with Gasteiger partial charge in [0.25, 0.3) is 5.91 Å². The summed E-state index contributed by atoms with van der Waals surface area (Å²) in [5.74, 6) is 0.345. The Hall–Kier alpha value is -3.39. The second kappa shape index (κ2) is 6.58. The lowest BCUT2D eigenvalue weighted by Crippen LogP contribution is -2.22. The monoisotopic (exact) mass is 303 g/mol. The molecule has 0 bridgehead atoms. The van der Waals surface area contributed by atoms with Crippen molar-refractivity contribution in [3.8, 4) is 17.3 Å². The Morgan fingerprint density at radius 3 is 2.57 bits per heavy atom. The van der Waals surface area contributed by atoms with E-state index in [1.54, 1.807) is 30.3 Å². The second-order valence-corrected chi connectivity index (χ2v) is 4.92. The van der Waals surface area contributed by atoms with Crippen molar-refractivity contribution in [2.75, 3.05) is 0 Å². The topological polar surface area (TPSA) is 78.9 Å². The fraction of sp³-hybridized carbons (Fsp3) is 0.0556. The average Bonchev–Trinajstić information content (AvgIpc) is 3.09. The van der Waals surface area contributed by atoms with E-state index in [0.717, 1.165) is 11.3 Å². The molecule has 3 rings (SSSR count). The van der Waals surface area contributed by atoms with Gasteiger partial charge in [-0.2, -0.15) is 5.26 Å². The minimum Gasteiger partial charge on any atom is -0.359 e. The van der Waals surface area contributed by atoms with E-state index in [1.807, 2.05) is 36.4 Å². The number of carbonyl (C=O) groups is 1. The minimum absolute atomic E-state index is 0.229. The highest BCUT2D eigenvalue weighted by Crippen LogP contribution is 2.18. The maximum Gasteiger partial charge on any atom is 0.251 e. The molecule has 1 aromatic heterocycles. The Morgan fingerprint density at radius 1 is 1.13 bits per heavy atom. The quantitative estimate of drug-likeness (QED) is 0.803. The van der Waals surface area contributed by atoms with Gasteiger partial charge in [-0.15, -0.1) is 0 Å². The van der Waals surface area contributed by atoms with Crippen LogP contribution in [0.25, 0.3) is 11.3 Å². The average molecular weight is 303 g/mol. The van der Waals surface area contributed by atoms with Crippen LogP contribution in [0, 0.1) is 11.3 Å². The summed E-state index contributed by atoms with van der Waals surface area (Å²) in [5.41, 5.74) is 2.70. The minimum atomic E-state index is -0.229. The maximum atomic E-state index is 12.0. The van der Waals surface area contributed by atoms with Crippen LogP contribution >= 0.6 is 0 Å². The van der Waals surface area contributed by atoms with Gasteiger partial charge in [0, 0.05) is 17.2 Å².